The molecule has 4 nitrogen and oxygen atoms in total. The molecule has 0 amide bonds. The predicted molar refractivity (Wildman–Crippen MR) is 72.4 cm³/mol. The van der Waals surface area contributed by atoms with Crippen LogP contribution in [0.3, 0.4) is 0 Å². The number of aryl methyl sites for hydroxylation is 1. The molecule has 1 aliphatic carbocycles. The number of pyridine rings is 1. The van der Waals surface area contributed by atoms with Gasteiger partial charge in [-0.2, -0.15) is 0 Å². The van der Waals surface area contributed by atoms with Gasteiger partial charge in [0, 0.05) is 24.2 Å². The average Bonchev–Trinajstić information content (AvgIpc) is 3.11. The van der Waals surface area contributed by atoms with E-state index in [1.807, 2.05) is 0 Å². The minimum absolute atomic E-state index is 0.345. The maximum absolute atomic E-state index is 13.1. The van der Waals surface area contributed by atoms with Gasteiger partial charge >= 0.3 is 0 Å². The fourth-order valence-corrected chi connectivity index (χ4v) is 2.70. The fourth-order valence-electron chi connectivity index (χ4n) is 1.83. The quantitative estimate of drug-likeness (QED) is 0.825. The van der Waals surface area contributed by atoms with Crippen LogP contribution in [0, 0.1) is 5.82 Å². The molecule has 0 saturated heterocycles. The summed E-state index contributed by atoms with van der Waals surface area (Å²) in [6, 6.07) is 2.19. The van der Waals surface area contributed by atoms with Gasteiger partial charge in [-0.25, -0.2) is 4.39 Å². The first-order valence-corrected chi connectivity index (χ1v) is 7.29. The van der Waals surface area contributed by atoms with Gasteiger partial charge in [-0.3, -0.25) is 4.98 Å². The van der Waals surface area contributed by atoms with Crippen LogP contribution in [0.25, 0.3) is 10.6 Å². The van der Waals surface area contributed by atoms with Crippen molar-refractivity contribution >= 4 is 11.3 Å². The third-order valence-electron chi connectivity index (χ3n) is 3.00. The van der Waals surface area contributed by atoms with E-state index >= 15 is 0 Å². The predicted octanol–water partition coefficient (Wildman–Crippen LogP) is 2.42. The molecule has 0 bridgehead atoms. The van der Waals surface area contributed by atoms with Crippen LogP contribution in [0.15, 0.2) is 18.5 Å². The van der Waals surface area contributed by atoms with E-state index in [4.69, 9.17) is 0 Å². The largest absolute Gasteiger partial charge is 0.314 e. The van der Waals surface area contributed by atoms with Crippen LogP contribution in [0.4, 0.5) is 4.39 Å². The Balaban J connectivity index is 1.56. The molecule has 2 aromatic heterocycles. The Morgan fingerprint density at radius 1 is 1.32 bits per heavy atom. The first-order chi connectivity index (χ1) is 9.31. The molecule has 1 saturated carbocycles. The Bertz CT molecular complexity index is 553. The van der Waals surface area contributed by atoms with Crippen molar-refractivity contribution in [3.63, 3.8) is 0 Å². The Morgan fingerprint density at radius 2 is 2.21 bits per heavy atom. The van der Waals surface area contributed by atoms with E-state index in [2.05, 4.69) is 20.5 Å². The van der Waals surface area contributed by atoms with E-state index in [9.17, 15) is 4.39 Å². The van der Waals surface area contributed by atoms with Gasteiger partial charge in [0.15, 0.2) is 0 Å². The van der Waals surface area contributed by atoms with Gasteiger partial charge in [0.25, 0.3) is 0 Å². The number of hydrogen-bond acceptors (Lipinski definition) is 5. The third kappa shape index (κ3) is 3.54. The lowest BCUT2D eigenvalue weighted by atomic mass is 10.3. The topological polar surface area (TPSA) is 50.7 Å². The highest BCUT2D eigenvalue weighted by Gasteiger charge is 2.19. The SMILES string of the molecule is Fc1cncc(-c2nnc(CCCNC3CC3)s2)c1. The van der Waals surface area contributed by atoms with Crippen LogP contribution in [0.2, 0.25) is 0 Å². The lowest BCUT2D eigenvalue weighted by molar-refractivity contribution is 0.622. The van der Waals surface area contributed by atoms with Crippen molar-refractivity contribution in [1.29, 1.82) is 0 Å². The highest BCUT2D eigenvalue weighted by molar-refractivity contribution is 7.14. The lowest BCUT2D eigenvalue weighted by Gasteiger charge is -1.99. The summed E-state index contributed by atoms with van der Waals surface area (Å²) < 4.78 is 13.1. The third-order valence-corrected chi connectivity index (χ3v) is 4.03. The van der Waals surface area contributed by atoms with Crippen molar-refractivity contribution in [2.75, 3.05) is 6.54 Å². The highest BCUT2D eigenvalue weighted by Crippen LogP contribution is 2.24. The number of halogens is 1. The van der Waals surface area contributed by atoms with Crippen molar-refractivity contribution in [2.24, 2.45) is 0 Å². The van der Waals surface area contributed by atoms with Gasteiger partial charge in [-0.05, 0) is 31.9 Å². The molecular formula is C13H15FN4S. The molecule has 6 heteroatoms. The molecule has 3 rings (SSSR count). The lowest BCUT2D eigenvalue weighted by Crippen LogP contribution is -2.17. The zero-order valence-electron chi connectivity index (χ0n) is 10.5. The Kier molecular flexibility index (Phi) is 3.79. The molecule has 0 atom stereocenters. The van der Waals surface area contributed by atoms with Crippen molar-refractivity contribution in [3.05, 3.63) is 29.3 Å². The van der Waals surface area contributed by atoms with Crippen molar-refractivity contribution in [3.8, 4) is 10.6 Å². The zero-order chi connectivity index (χ0) is 13.1. The maximum Gasteiger partial charge on any atom is 0.149 e. The monoisotopic (exact) mass is 278 g/mol. The van der Waals surface area contributed by atoms with Crippen LogP contribution >= 0.6 is 11.3 Å². The van der Waals surface area contributed by atoms with E-state index in [1.54, 1.807) is 6.20 Å². The normalized spacial score (nSPS) is 14.8. The molecule has 19 heavy (non-hydrogen) atoms. The average molecular weight is 278 g/mol. The molecule has 2 aromatic rings. The number of nitrogens with zero attached hydrogens (tertiary/aromatic N) is 3. The number of hydrogen-bond donors (Lipinski definition) is 1. The number of nitrogens with one attached hydrogen (secondary N) is 1. The molecule has 100 valence electrons. The van der Waals surface area contributed by atoms with Gasteiger partial charge in [-0.1, -0.05) is 11.3 Å². The van der Waals surface area contributed by atoms with Crippen LogP contribution < -0.4 is 5.32 Å². The fraction of sp³-hybridized carbons (Fsp3) is 0.462. The van der Waals surface area contributed by atoms with E-state index in [1.165, 1.54) is 36.4 Å². The number of rotatable bonds is 6. The molecule has 0 aromatic carbocycles. The molecule has 0 unspecified atom stereocenters. The molecule has 2 heterocycles. The summed E-state index contributed by atoms with van der Waals surface area (Å²) in [6.45, 7) is 1.03. The summed E-state index contributed by atoms with van der Waals surface area (Å²) in [5.41, 5.74) is 0.694. The summed E-state index contributed by atoms with van der Waals surface area (Å²) in [4.78, 5) is 3.83. The van der Waals surface area contributed by atoms with E-state index < -0.39 is 0 Å². The van der Waals surface area contributed by atoms with Gasteiger partial charge in [0.05, 0.1) is 6.20 Å². The van der Waals surface area contributed by atoms with Gasteiger partial charge in [0.2, 0.25) is 0 Å². The molecule has 1 fully saturated rings. The van der Waals surface area contributed by atoms with Crippen LogP contribution in [-0.4, -0.2) is 27.8 Å². The van der Waals surface area contributed by atoms with Crippen molar-refractivity contribution in [2.45, 2.75) is 31.7 Å². The smallest absolute Gasteiger partial charge is 0.149 e. The first kappa shape index (κ1) is 12.6. The molecule has 1 aliphatic rings. The summed E-state index contributed by atoms with van der Waals surface area (Å²) in [6.07, 6.45) is 7.41. The van der Waals surface area contributed by atoms with Crippen LogP contribution in [-0.2, 0) is 6.42 Å². The van der Waals surface area contributed by atoms with E-state index in [-0.39, 0.29) is 5.82 Å². The summed E-state index contributed by atoms with van der Waals surface area (Å²) in [7, 11) is 0. The van der Waals surface area contributed by atoms with Gasteiger partial charge in [0.1, 0.15) is 15.8 Å². The molecular weight excluding hydrogens is 263 g/mol. The molecule has 0 aliphatic heterocycles. The summed E-state index contributed by atoms with van der Waals surface area (Å²) in [5, 5.41) is 13.4. The second-order valence-electron chi connectivity index (χ2n) is 4.72. The second-order valence-corrected chi connectivity index (χ2v) is 5.79. The number of aromatic nitrogens is 3. The van der Waals surface area contributed by atoms with Crippen LogP contribution in [0.5, 0.6) is 0 Å². The minimum Gasteiger partial charge on any atom is -0.314 e. The Hall–Kier alpha value is -1.40. The van der Waals surface area contributed by atoms with Crippen molar-refractivity contribution < 1.29 is 4.39 Å². The zero-order valence-corrected chi connectivity index (χ0v) is 11.3. The van der Waals surface area contributed by atoms with Crippen LogP contribution in [0.1, 0.15) is 24.3 Å². The standard InChI is InChI=1S/C13H15FN4S/c14-10-6-9(7-15-8-10)13-18-17-12(19-13)2-1-5-16-11-3-4-11/h6-8,11,16H,1-5H2. The minimum atomic E-state index is -0.345. The van der Waals surface area contributed by atoms with Crippen molar-refractivity contribution in [1.82, 2.24) is 20.5 Å². The van der Waals surface area contributed by atoms with Gasteiger partial charge < -0.3 is 5.32 Å². The molecule has 0 radical (unpaired) electrons. The maximum atomic E-state index is 13.1. The summed E-state index contributed by atoms with van der Waals surface area (Å²) >= 11 is 1.51. The second kappa shape index (κ2) is 5.71. The molecule has 1 N–H and O–H groups in total. The van der Waals surface area contributed by atoms with E-state index in [0.29, 0.717) is 5.56 Å². The molecule has 0 spiro atoms. The summed E-state index contributed by atoms with van der Waals surface area (Å²) in [5.74, 6) is -0.345. The first-order valence-electron chi connectivity index (χ1n) is 6.48. The Labute approximate surface area is 115 Å². The van der Waals surface area contributed by atoms with E-state index in [0.717, 1.165) is 35.4 Å². The van der Waals surface area contributed by atoms with Gasteiger partial charge in [-0.15, -0.1) is 10.2 Å². The highest BCUT2D eigenvalue weighted by atomic mass is 32.1. The Morgan fingerprint density at radius 3 is 3.00 bits per heavy atom.